The maximum atomic E-state index is 11.9. The molecule has 4 nitrogen and oxygen atoms in total. The van der Waals surface area contributed by atoms with Crippen molar-refractivity contribution in [3.05, 3.63) is 21.9 Å². The van der Waals surface area contributed by atoms with Gasteiger partial charge in [-0.15, -0.1) is 23.7 Å². The molecule has 1 amide bonds. The molecular formula is C14H24ClN3OS. The van der Waals surface area contributed by atoms with Crippen LogP contribution in [-0.4, -0.2) is 36.5 Å². The third-order valence-corrected chi connectivity index (χ3v) is 4.75. The van der Waals surface area contributed by atoms with E-state index in [1.165, 1.54) is 9.75 Å². The van der Waals surface area contributed by atoms with Crippen molar-refractivity contribution in [1.82, 2.24) is 10.2 Å². The normalized spacial score (nSPS) is 16.7. The average Bonchev–Trinajstić information content (AvgIpc) is 2.87. The lowest BCUT2D eigenvalue weighted by Gasteiger charge is -2.29. The molecule has 1 saturated heterocycles. The molecule has 20 heavy (non-hydrogen) atoms. The van der Waals surface area contributed by atoms with E-state index in [9.17, 15) is 4.79 Å². The molecule has 0 spiro atoms. The van der Waals surface area contributed by atoms with E-state index < -0.39 is 0 Å². The number of amides is 1. The molecule has 0 aromatic carbocycles. The minimum atomic E-state index is 0. The van der Waals surface area contributed by atoms with Gasteiger partial charge in [-0.1, -0.05) is 6.92 Å². The third-order valence-electron chi connectivity index (χ3n) is 3.53. The Bertz CT molecular complexity index is 416. The van der Waals surface area contributed by atoms with E-state index in [1.807, 2.05) is 0 Å². The van der Waals surface area contributed by atoms with Crippen LogP contribution in [0.25, 0.3) is 0 Å². The number of halogens is 1. The number of hydrogen-bond donors (Lipinski definition) is 2. The van der Waals surface area contributed by atoms with Gasteiger partial charge in [0, 0.05) is 28.9 Å². The van der Waals surface area contributed by atoms with Crippen molar-refractivity contribution in [2.24, 2.45) is 5.73 Å². The van der Waals surface area contributed by atoms with Crippen LogP contribution in [0.5, 0.6) is 0 Å². The summed E-state index contributed by atoms with van der Waals surface area (Å²) in [6.45, 7) is 5.17. The van der Waals surface area contributed by atoms with Crippen LogP contribution in [0.15, 0.2) is 12.1 Å². The quantitative estimate of drug-likeness (QED) is 0.870. The SMILES string of the molecule is CCc1ccc(CNC(=O)CN2CCC(N)CC2)s1.Cl. The summed E-state index contributed by atoms with van der Waals surface area (Å²) in [5, 5.41) is 2.99. The molecule has 1 fully saturated rings. The van der Waals surface area contributed by atoms with Gasteiger partial charge in [-0.3, -0.25) is 9.69 Å². The Balaban J connectivity index is 0.00000200. The van der Waals surface area contributed by atoms with Crippen LogP contribution >= 0.6 is 23.7 Å². The number of likely N-dealkylation sites (tertiary alicyclic amines) is 1. The van der Waals surface area contributed by atoms with Crippen molar-refractivity contribution >= 4 is 29.7 Å². The van der Waals surface area contributed by atoms with Gasteiger partial charge >= 0.3 is 0 Å². The zero-order valence-corrected chi connectivity index (χ0v) is 13.6. The van der Waals surface area contributed by atoms with E-state index in [2.05, 4.69) is 29.3 Å². The fraction of sp³-hybridized carbons (Fsp3) is 0.643. The molecule has 0 saturated carbocycles. The highest BCUT2D eigenvalue weighted by Gasteiger charge is 2.17. The first-order valence-electron chi connectivity index (χ1n) is 6.99. The molecule has 2 rings (SSSR count). The number of thiophene rings is 1. The fourth-order valence-electron chi connectivity index (χ4n) is 2.26. The van der Waals surface area contributed by atoms with Gasteiger partial charge in [0.15, 0.2) is 0 Å². The van der Waals surface area contributed by atoms with Crippen LogP contribution in [0.1, 0.15) is 29.5 Å². The predicted molar refractivity (Wildman–Crippen MR) is 86.4 cm³/mol. The highest BCUT2D eigenvalue weighted by atomic mass is 35.5. The summed E-state index contributed by atoms with van der Waals surface area (Å²) in [5.74, 6) is 0.113. The summed E-state index contributed by atoms with van der Waals surface area (Å²) in [6.07, 6.45) is 3.06. The number of nitrogens with zero attached hydrogens (tertiary/aromatic N) is 1. The highest BCUT2D eigenvalue weighted by Crippen LogP contribution is 2.16. The van der Waals surface area contributed by atoms with Gasteiger partial charge in [0.2, 0.25) is 5.91 Å². The number of piperidine rings is 1. The smallest absolute Gasteiger partial charge is 0.234 e. The van der Waals surface area contributed by atoms with E-state index in [-0.39, 0.29) is 18.3 Å². The first kappa shape index (κ1) is 17.4. The van der Waals surface area contributed by atoms with Crippen molar-refractivity contribution in [1.29, 1.82) is 0 Å². The van der Waals surface area contributed by atoms with Crippen molar-refractivity contribution < 1.29 is 4.79 Å². The van der Waals surface area contributed by atoms with Gasteiger partial charge in [0.1, 0.15) is 0 Å². The zero-order valence-electron chi connectivity index (χ0n) is 11.9. The molecular weight excluding hydrogens is 294 g/mol. The van der Waals surface area contributed by atoms with E-state index in [0.29, 0.717) is 19.1 Å². The molecule has 1 aliphatic heterocycles. The molecule has 0 bridgehead atoms. The number of rotatable bonds is 5. The zero-order chi connectivity index (χ0) is 13.7. The Labute approximate surface area is 131 Å². The van der Waals surface area contributed by atoms with Crippen LogP contribution in [0, 0.1) is 0 Å². The number of nitrogens with one attached hydrogen (secondary N) is 1. The molecule has 3 N–H and O–H groups in total. The molecule has 0 aliphatic carbocycles. The maximum Gasteiger partial charge on any atom is 0.234 e. The number of nitrogens with two attached hydrogens (primary N) is 1. The summed E-state index contributed by atoms with van der Waals surface area (Å²) in [4.78, 5) is 16.6. The Morgan fingerprint density at radius 1 is 1.40 bits per heavy atom. The van der Waals surface area contributed by atoms with Crippen molar-refractivity contribution in [3.8, 4) is 0 Å². The summed E-state index contributed by atoms with van der Waals surface area (Å²) in [6, 6.07) is 4.56. The standard InChI is InChI=1S/C14H23N3OS.ClH/c1-2-12-3-4-13(19-12)9-16-14(18)10-17-7-5-11(15)6-8-17;/h3-4,11H,2,5-10,15H2,1H3,(H,16,18);1H. The second-order valence-corrected chi connectivity index (χ2v) is 6.36. The van der Waals surface area contributed by atoms with Gasteiger partial charge in [0.05, 0.1) is 13.1 Å². The van der Waals surface area contributed by atoms with Crippen LogP contribution in [0.4, 0.5) is 0 Å². The van der Waals surface area contributed by atoms with Crippen LogP contribution < -0.4 is 11.1 Å². The topological polar surface area (TPSA) is 58.4 Å². The Morgan fingerprint density at radius 2 is 2.05 bits per heavy atom. The molecule has 1 aromatic heterocycles. The minimum Gasteiger partial charge on any atom is -0.350 e. The van der Waals surface area contributed by atoms with Gasteiger partial charge in [-0.25, -0.2) is 0 Å². The molecule has 0 unspecified atom stereocenters. The van der Waals surface area contributed by atoms with Crippen molar-refractivity contribution in [2.45, 2.75) is 38.8 Å². The first-order chi connectivity index (χ1) is 9.17. The first-order valence-corrected chi connectivity index (χ1v) is 7.81. The lowest BCUT2D eigenvalue weighted by atomic mass is 10.1. The molecule has 6 heteroatoms. The van der Waals surface area contributed by atoms with E-state index >= 15 is 0 Å². The van der Waals surface area contributed by atoms with Crippen LogP contribution in [0.2, 0.25) is 0 Å². The second-order valence-electron chi connectivity index (χ2n) is 5.11. The Kier molecular flexibility index (Phi) is 7.51. The van der Waals surface area contributed by atoms with Crippen LogP contribution in [-0.2, 0) is 17.8 Å². The molecule has 1 aromatic rings. The van der Waals surface area contributed by atoms with E-state index in [4.69, 9.17) is 5.73 Å². The van der Waals surface area contributed by atoms with E-state index in [0.717, 1.165) is 32.4 Å². The minimum absolute atomic E-state index is 0. The largest absolute Gasteiger partial charge is 0.350 e. The van der Waals surface area contributed by atoms with E-state index in [1.54, 1.807) is 11.3 Å². The number of carbonyl (C=O) groups excluding carboxylic acids is 1. The maximum absolute atomic E-state index is 11.9. The molecule has 1 aliphatic rings. The van der Waals surface area contributed by atoms with Gasteiger partial charge in [-0.2, -0.15) is 0 Å². The Hall–Kier alpha value is -0.620. The second kappa shape index (κ2) is 8.62. The van der Waals surface area contributed by atoms with Crippen molar-refractivity contribution in [2.75, 3.05) is 19.6 Å². The number of hydrogen-bond acceptors (Lipinski definition) is 4. The summed E-state index contributed by atoms with van der Waals surface area (Å²) in [7, 11) is 0. The molecule has 0 radical (unpaired) electrons. The third kappa shape index (κ3) is 5.40. The lowest BCUT2D eigenvalue weighted by molar-refractivity contribution is -0.122. The van der Waals surface area contributed by atoms with Crippen molar-refractivity contribution in [3.63, 3.8) is 0 Å². The predicted octanol–water partition coefficient (Wildman–Crippen LogP) is 1.77. The number of aryl methyl sites for hydroxylation is 1. The lowest BCUT2D eigenvalue weighted by Crippen LogP contribution is -2.44. The number of carbonyl (C=O) groups is 1. The highest BCUT2D eigenvalue weighted by molar-refractivity contribution is 7.11. The van der Waals surface area contributed by atoms with Gasteiger partial charge in [0.25, 0.3) is 0 Å². The summed E-state index contributed by atoms with van der Waals surface area (Å²) >= 11 is 1.78. The van der Waals surface area contributed by atoms with Gasteiger partial charge in [-0.05, 0) is 31.4 Å². The molecule has 2 heterocycles. The average molecular weight is 318 g/mol. The summed E-state index contributed by atoms with van der Waals surface area (Å²) in [5.41, 5.74) is 5.85. The Morgan fingerprint density at radius 3 is 2.65 bits per heavy atom. The molecule has 114 valence electrons. The monoisotopic (exact) mass is 317 g/mol. The molecule has 0 atom stereocenters. The summed E-state index contributed by atoms with van der Waals surface area (Å²) < 4.78 is 0. The fourth-order valence-corrected chi connectivity index (χ4v) is 3.16. The van der Waals surface area contributed by atoms with Gasteiger partial charge < -0.3 is 11.1 Å². The van der Waals surface area contributed by atoms with Crippen LogP contribution in [0.3, 0.4) is 0 Å².